The number of amides is 1. The second-order valence-electron chi connectivity index (χ2n) is 5.01. The molecule has 124 valence electrons. The van der Waals surface area contributed by atoms with Gasteiger partial charge in [0.2, 0.25) is 5.89 Å². The molecule has 1 aromatic carbocycles. The Bertz CT molecular complexity index is 962. The summed E-state index contributed by atoms with van der Waals surface area (Å²) in [5.41, 5.74) is 0.191. The summed E-state index contributed by atoms with van der Waals surface area (Å²) in [6.45, 7) is 0. The number of carbonyl (C=O) groups excluding carboxylic acids is 1. The summed E-state index contributed by atoms with van der Waals surface area (Å²) in [5, 5.41) is 12.1. The number of nitrogens with one attached hydrogen (secondary N) is 1. The zero-order valence-corrected chi connectivity index (χ0v) is 14.2. The normalized spacial score (nSPS) is 11.4. The summed E-state index contributed by atoms with van der Waals surface area (Å²) in [6.07, 6.45) is 1.57. The number of aromatic nitrogens is 2. The Labute approximate surface area is 142 Å². The lowest BCUT2D eigenvalue weighted by Gasteiger charge is -2.03. The maximum atomic E-state index is 12.2. The molecule has 0 aliphatic rings. The van der Waals surface area contributed by atoms with Crippen LogP contribution in [-0.4, -0.2) is 30.8 Å². The van der Waals surface area contributed by atoms with Gasteiger partial charge in [-0.05, 0) is 29.6 Å². The van der Waals surface area contributed by atoms with E-state index in [0.29, 0.717) is 12.3 Å². The first-order valence-electron chi connectivity index (χ1n) is 6.88. The van der Waals surface area contributed by atoms with E-state index in [1.807, 2.05) is 17.5 Å². The summed E-state index contributed by atoms with van der Waals surface area (Å²) in [5.74, 6) is -0.135. The molecule has 1 amide bonds. The minimum atomic E-state index is -3.39. The van der Waals surface area contributed by atoms with E-state index in [-0.39, 0.29) is 16.5 Å². The number of anilines is 1. The number of thiophene rings is 1. The maximum Gasteiger partial charge on any atom is 0.322 e. The van der Waals surface area contributed by atoms with Crippen LogP contribution >= 0.6 is 11.3 Å². The molecule has 3 aromatic rings. The molecular weight excluding hydrogens is 350 g/mol. The number of carbonyl (C=O) groups is 1. The van der Waals surface area contributed by atoms with Crippen molar-refractivity contribution in [1.29, 1.82) is 0 Å². The molecule has 0 saturated heterocycles. The van der Waals surface area contributed by atoms with Crippen LogP contribution in [0.25, 0.3) is 0 Å². The van der Waals surface area contributed by atoms with E-state index < -0.39 is 15.7 Å². The molecule has 0 spiro atoms. The topological polar surface area (TPSA) is 102 Å². The molecule has 0 unspecified atom stereocenters. The van der Waals surface area contributed by atoms with E-state index in [9.17, 15) is 13.2 Å². The summed E-state index contributed by atoms with van der Waals surface area (Å²) in [4.78, 5) is 13.3. The molecule has 3 rings (SSSR count). The molecule has 7 nitrogen and oxygen atoms in total. The third-order valence-corrected chi connectivity index (χ3v) is 5.10. The monoisotopic (exact) mass is 363 g/mol. The van der Waals surface area contributed by atoms with Gasteiger partial charge in [0.15, 0.2) is 9.84 Å². The summed E-state index contributed by atoms with van der Waals surface area (Å²) in [7, 11) is -3.39. The average molecular weight is 363 g/mol. The van der Waals surface area contributed by atoms with E-state index in [4.69, 9.17) is 4.42 Å². The van der Waals surface area contributed by atoms with Gasteiger partial charge < -0.3 is 4.42 Å². The zero-order chi connectivity index (χ0) is 17.2. The van der Waals surface area contributed by atoms with Crippen molar-refractivity contribution in [3.63, 3.8) is 0 Å². The zero-order valence-electron chi connectivity index (χ0n) is 12.6. The number of rotatable bonds is 5. The van der Waals surface area contributed by atoms with Gasteiger partial charge in [0.05, 0.1) is 11.3 Å². The summed E-state index contributed by atoms with van der Waals surface area (Å²) >= 11 is 1.57. The van der Waals surface area contributed by atoms with Crippen molar-refractivity contribution in [2.24, 2.45) is 0 Å². The van der Waals surface area contributed by atoms with Crippen LogP contribution in [0.1, 0.15) is 21.1 Å². The van der Waals surface area contributed by atoms with Gasteiger partial charge >= 0.3 is 6.01 Å². The molecule has 0 fully saturated rings. The molecule has 0 aliphatic heterocycles. The minimum absolute atomic E-state index is 0.0312. The predicted molar refractivity (Wildman–Crippen MR) is 88.9 cm³/mol. The summed E-state index contributed by atoms with van der Waals surface area (Å²) in [6, 6.07) is 9.58. The van der Waals surface area contributed by atoms with Crippen LogP contribution < -0.4 is 5.32 Å². The third-order valence-electron chi connectivity index (χ3n) is 3.12. The van der Waals surface area contributed by atoms with Gasteiger partial charge in [-0.3, -0.25) is 10.1 Å². The van der Waals surface area contributed by atoms with E-state index >= 15 is 0 Å². The van der Waals surface area contributed by atoms with Crippen LogP contribution in [0.3, 0.4) is 0 Å². The van der Waals surface area contributed by atoms with Crippen LogP contribution in [0.4, 0.5) is 6.01 Å². The van der Waals surface area contributed by atoms with Crippen LogP contribution in [0.5, 0.6) is 0 Å². The predicted octanol–water partition coefficient (Wildman–Crippen LogP) is 2.38. The SMILES string of the molecule is CS(=O)(=O)c1cccc(C(=O)Nc2nnc(Cc3cccs3)o2)c1. The molecular formula is C15H13N3O4S2. The largest absolute Gasteiger partial charge is 0.407 e. The number of sulfone groups is 1. The highest BCUT2D eigenvalue weighted by molar-refractivity contribution is 7.90. The number of benzene rings is 1. The number of hydrogen-bond acceptors (Lipinski definition) is 7. The number of hydrogen-bond donors (Lipinski definition) is 1. The standard InChI is InChI=1S/C15H13N3O4S2/c1-24(20,21)12-6-2-4-10(8-12)14(19)16-15-18-17-13(22-15)9-11-5-3-7-23-11/h2-8H,9H2,1H3,(H,16,18,19). The Kier molecular flexibility index (Phi) is 4.45. The lowest BCUT2D eigenvalue weighted by molar-refractivity contribution is 0.102. The second-order valence-corrected chi connectivity index (χ2v) is 8.06. The molecule has 0 radical (unpaired) electrons. The fourth-order valence-electron chi connectivity index (χ4n) is 1.98. The van der Waals surface area contributed by atoms with Gasteiger partial charge in [-0.25, -0.2) is 8.42 Å². The van der Waals surface area contributed by atoms with Gasteiger partial charge in [0, 0.05) is 16.7 Å². The first-order chi connectivity index (χ1) is 11.4. The summed E-state index contributed by atoms with van der Waals surface area (Å²) < 4.78 is 28.5. The quantitative estimate of drug-likeness (QED) is 0.747. The van der Waals surface area contributed by atoms with Crippen molar-refractivity contribution in [2.75, 3.05) is 11.6 Å². The molecule has 0 atom stereocenters. The molecule has 0 aliphatic carbocycles. The second kappa shape index (κ2) is 6.54. The number of nitrogens with zero attached hydrogens (tertiary/aromatic N) is 2. The Hall–Kier alpha value is -2.52. The fraction of sp³-hybridized carbons (Fsp3) is 0.133. The van der Waals surface area contributed by atoms with Crippen LogP contribution in [-0.2, 0) is 16.3 Å². The first kappa shape index (κ1) is 16.3. The highest BCUT2D eigenvalue weighted by atomic mass is 32.2. The maximum absolute atomic E-state index is 12.2. The van der Waals surface area contributed by atoms with Gasteiger partial charge in [0.25, 0.3) is 5.91 Å². The van der Waals surface area contributed by atoms with Crippen molar-refractivity contribution in [1.82, 2.24) is 10.2 Å². The van der Waals surface area contributed by atoms with Crippen LogP contribution in [0, 0.1) is 0 Å². The molecule has 2 heterocycles. The van der Waals surface area contributed by atoms with Gasteiger partial charge in [0.1, 0.15) is 0 Å². The lowest BCUT2D eigenvalue weighted by Crippen LogP contribution is -2.13. The van der Waals surface area contributed by atoms with E-state index in [2.05, 4.69) is 15.5 Å². The van der Waals surface area contributed by atoms with Gasteiger partial charge in [-0.1, -0.05) is 17.2 Å². The fourth-order valence-corrected chi connectivity index (χ4v) is 3.34. The molecule has 2 aromatic heterocycles. The molecule has 1 N–H and O–H groups in total. The average Bonchev–Trinajstić information content (AvgIpc) is 3.19. The van der Waals surface area contributed by atoms with Crippen molar-refractivity contribution in [2.45, 2.75) is 11.3 Å². The Morgan fingerprint density at radius 1 is 1.25 bits per heavy atom. The first-order valence-corrected chi connectivity index (χ1v) is 9.65. The van der Waals surface area contributed by atoms with Crippen LogP contribution in [0.15, 0.2) is 51.1 Å². The lowest BCUT2D eigenvalue weighted by atomic mass is 10.2. The van der Waals surface area contributed by atoms with Crippen molar-refractivity contribution < 1.29 is 17.6 Å². The van der Waals surface area contributed by atoms with E-state index in [1.54, 1.807) is 11.3 Å². The van der Waals surface area contributed by atoms with Gasteiger partial charge in [-0.15, -0.1) is 16.4 Å². The van der Waals surface area contributed by atoms with Crippen molar-refractivity contribution >= 4 is 33.1 Å². The van der Waals surface area contributed by atoms with Crippen molar-refractivity contribution in [3.05, 3.63) is 58.1 Å². The highest BCUT2D eigenvalue weighted by Gasteiger charge is 2.15. The molecule has 0 bridgehead atoms. The van der Waals surface area contributed by atoms with Gasteiger partial charge in [-0.2, -0.15) is 0 Å². The Morgan fingerprint density at radius 2 is 2.08 bits per heavy atom. The molecule has 0 saturated carbocycles. The third kappa shape index (κ3) is 3.87. The highest BCUT2D eigenvalue weighted by Crippen LogP contribution is 2.17. The van der Waals surface area contributed by atoms with E-state index in [1.165, 1.54) is 24.3 Å². The Balaban J connectivity index is 1.72. The molecule has 24 heavy (non-hydrogen) atoms. The smallest absolute Gasteiger partial charge is 0.322 e. The van der Waals surface area contributed by atoms with Crippen LogP contribution in [0.2, 0.25) is 0 Å². The Morgan fingerprint density at radius 3 is 2.79 bits per heavy atom. The molecule has 9 heteroatoms. The van der Waals surface area contributed by atoms with Crippen molar-refractivity contribution in [3.8, 4) is 0 Å². The minimum Gasteiger partial charge on any atom is -0.407 e. The van der Waals surface area contributed by atoms with E-state index in [0.717, 1.165) is 11.1 Å².